The van der Waals surface area contributed by atoms with Crippen molar-refractivity contribution in [3.05, 3.63) is 28.2 Å². The van der Waals surface area contributed by atoms with Gasteiger partial charge in [0.25, 0.3) is 0 Å². The van der Waals surface area contributed by atoms with Gasteiger partial charge in [0.1, 0.15) is 0 Å². The summed E-state index contributed by atoms with van der Waals surface area (Å²) in [6.45, 7) is 1.69. The van der Waals surface area contributed by atoms with Gasteiger partial charge in [-0.15, -0.1) is 12.4 Å². The normalized spacial score (nSPS) is 10.8. The first-order valence-electron chi connectivity index (χ1n) is 3.35. The highest BCUT2D eigenvalue weighted by Gasteiger charge is 1.98. The Bertz CT molecular complexity index is 319. The van der Waals surface area contributed by atoms with E-state index in [0.717, 1.165) is 0 Å². The summed E-state index contributed by atoms with van der Waals surface area (Å²) >= 11 is 11.6. The van der Waals surface area contributed by atoms with Crippen LogP contribution in [0.5, 0.6) is 0 Å². The van der Waals surface area contributed by atoms with Crippen LogP contribution in [0.4, 0.5) is 5.69 Å². The van der Waals surface area contributed by atoms with Crippen LogP contribution < -0.4 is 5.73 Å². The molecule has 0 bridgehead atoms. The van der Waals surface area contributed by atoms with Crippen molar-refractivity contribution in [2.45, 2.75) is 6.92 Å². The van der Waals surface area contributed by atoms with Crippen LogP contribution >= 0.6 is 35.6 Å². The van der Waals surface area contributed by atoms with E-state index in [1.54, 1.807) is 25.1 Å². The van der Waals surface area contributed by atoms with Crippen molar-refractivity contribution in [3.8, 4) is 0 Å². The monoisotopic (exact) mass is 238 g/mol. The van der Waals surface area contributed by atoms with Crippen LogP contribution in [0.3, 0.4) is 0 Å². The predicted molar refractivity (Wildman–Crippen MR) is 60.7 cm³/mol. The lowest BCUT2D eigenvalue weighted by molar-refractivity contribution is 1.45. The number of benzene rings is 1. The first kappa shape index (κ1) is 12.6. The predicted octanol–water partition coefficient (Wildman–Crippen LogP) is 3.42. The molecule has 5 heteroatoms. The van der Waals surface area contributed by atoms with E-state index in [4.69, 9.17) is 28.9 Å². The number of hydrogen-bond acceptors (Lipinski definition) is 1. The van der Waals surface area contributed by atoms with Crippen molar-refractivity contribution in [2.24, 2.45) is 10.7 Å². The first-order chi connectivity index (χ1) is 5.59. The maximum Gasteiger partial charge on any atom is 0.0965 e. The minimum Gasteiger partial charge on any atom is -0.387 e. The molecule has 0 spiro atoms. The molecule has 13 heavy (non-hydrogen) atoms. The van der Waals surface area contributed by atoms with Gasteiger partial charge in [-0.2, -0.15) is 0 Å². The minimum absolute atomic E-state index is 0. The molecule has 0 fully saturated rings. The van der Waals surface area contributed by atoms with Crippen molar-refractivity contribution in [1.82, 2.24) is 0 Å². The first-order valence-corrected chi connectivity index (χ1v) is 4.11. The molecule has 0 heterocycles. The number of nitrogens with zero attached hydrogens (tertiary/aromatic N) is 1. The molecule has 0 radical (unpaired) electrons. The zero-order valence-corrected chi connectivity index (χ0v) is 9.25. The van der Waals surface area contributed by atoms with Gasteiger partial charge in [-0.05, 0) is 25.1 Å². The molecule has 2 nitrogen and oxygen atoms in total. The maximum absolute atomic E-state index is 5.82. The molecule has 1 rings (SSSR count). The van der Waals surface area contributed by atoms with E-state index in [2.05, 4.69) is 4.99 Å². The minimum atomic E-state index is 0. The molecule has 1 aromatic carbocycles. The summed E-state index contributed by atoms with van der Waals surface area (Å²) in [5.74, 6) is 0.458. The van der Waals surface area contributed by atoms with Gasteiger partial charge in [0.05, 0.1) is 16.5 Å². The third-order valence-corrected chi connectivity index (χ3v) is 1.76. The van der Waals surface area contributed by atoms with Crippen LogP contribution in [0.15, 0.2) is 23.2 Å². The standard InChI is InChI=1S/C8H8Cl2N2.ClH/c1-5(11)12-8-4-6(9)2-3-7(8)10;/h2-4H,1H3,(H2,11,12);1H. The van der Waals surface area contributed by atoms with Crippen LogP contribution in [0.1, 0.15) is 6.92 Å². The largest absolute Gasteiger partial charge is 0.387 e. The molecule has 0 amide bonds. The Balaban J connectivity index is 0.00000144. The Morgan fingerprint density at radius 2 is 2.00 bits per heavy atom. The summed E-state index contributed by atoms with van der Waals surface area (Å²) in [4.78, 5) is 4.00. The lowest BCUT2D eigenvalue weighted by Gasteiger charge is -1.98. The Hall–Kier alpha value is -0.440. The molecule has 0 aliphatic rings. The molecule has 2 N–H and O–H groups in total. The highest BCUT2D eigenvalue weighted by atomic mass is 35.5. The van der Waals surface area contributed by atoms with Gasteiger partial charge < -0.3 is 5.73 Å². The second kappa shape index (κ2) is 5.32. The van der Waals surface area contributed by atoms with E-state index in [-0.39, 0.29) is 12.4 Å². The van der Waals surface area contributed by atoms with E-state index < -0.39 is 0 Å². The third-order valence-electron chi connectivity index (χ3n) is 1.20. The van der Waals surface area contributed by atoms with Crippen LogP contribution in [0.25, 0.3) is 0 Å². The van der Waals surface area contributed by atoms with Crippen LogP contribution in [-0.4, -0.2) is 5.84 Å². The van der Waals surface area contributed by atoms with Gasteiger partial charge in [0.15, 0.2) is 0 Å². The second-order valence-corrected chi connectivity index (χ2v) is 3.19. The molecule has 1 aromatic rings. The van der Waals surface area contributed by atoms with E-state index in [1.165, 1.54) is 0 Å². The van der Waals surface area contributed by atoms with E-state index in [0.29, 0.717) is 21.6 Å². The molecule has 0 aliphatic heterocycles. The number of amidine groups is 1. The summed E-state index contributed by atoms with van der Waals surface area (Å²) in [6, 6.07) is 5.06. The highest BCUT2D eigenvalue weighted by Crippen LogP contribution is 2.27. The molecular formula is C8H9Cl3N2. The highest BCUT2D eigenvalue weighted by molar-refractivity contribution is 6.35. The number of halogens is 3. The lowest BCUT2D eigenvalue weighted by atomic mass is 10.3. The quantitative estimate of drug-likeness (QED) is 0.592. The smallest absolute Gasteiger partial charge is 0.0965 e. The second-order valence-electron chi connectivity index (χ2n) is 2.35. The Morgan fingerprint density at radius 1 is 1.38 bits per heavy atom. The molecule has 0 saturated carbocycles. The van der Waals surface area contributed by atoms with Crippen molar-refractivity contribution < 1.29 is 0 Å². The topological polar surface area (TPSA) is 38.4 Å². The van der Waals surface area contributed by atoms with Gasteiger partial charge in [-0.1, -0.05) is 23.2 Å². The Kier molecular flexibility index (Phi) is 5.14. The Labute approximate surface area is 93.2 Å². The van der Waals surface area contributed by atoms with E-state index in [1.807, 2.05) is 0 Å². The molecule has 0 aliphatic carbocycles. The van der Waals surface area contributed by atoms with Gasteiger partial charge in [-0.3, -0.25) is 0 Å². The van der Waals surface area contributed by atoms with Gasteiger partial charge in [-0.25, -0.2) is 4.99 Å². The van der Waals surface area contributed by atoms with Gasteiger partial charge in [0, 0.05) is 5.02 Å². The van der Waals surface area contributed by atoms with Crippen molar-refractivity contribution >= 4 is 47.1 Å². The fraction of sp³-hybridized carbons (Fsp3) is 0.125. The summed E-state index contributed by atoms with van der Waals surface area (Å²) in [5.41, 5.74) is 5.99. The van der Waals surface area contributed by atoms with Crippen LogP contribution in [0.2, 0.25) is 10.0 Å². The average Bonchev–Trinajstić information content (AvgIpc) is 1.96. The number of hydrogen-bond donors (Lipinski definition) is 1. The third kappa shape index (κ3) is 3.85. The summed E-state index contributed by atoms with van der Waals surface area (Å²) in [7, 11) is 0. The molecule has 72 valence electrons. The maximum atomic E-state index is 5.82. The van der Waals surface area contributed by atoms with Crippen LogP contribution in [0, 0.1) is 0 Å². The average molecular weight is 240 g/mol. The van der Waals surface area contributed by atoms with Gasteiger partial charge in [0.2, 0.25) is 0 Å². The molecule has 0 atom stereocenters. The van der Waals surface area contributed by atoms with Crippen LogP contribution in [-0.2, 0) is 0 Å². The fourth-order valence-corrected chi connectivity index (χ4v) is 1.09. The van der Waals surface area contributed by atoms with Crippen molar-refractivity contribution in [2.75, 3.05) is 0 Å². The number of nitrogens with two attached hydrogens (primary N) is 1. The summed E-state index contributed by atoms with van der Waals surface area (Å²) < 4.78 is 0. The van der Waals surface area contributed by atoms with Gasteiger partial charge >= 0.3 is 0 Å². The summed E-state index contributed by atoms with van der Waals surface area (Å²) in [6.07, 6.45) is 0. The molecule has 0 aromatic heterocycles. The Morgan fingerprint density at radius 3 is 2.54 bits per heavy atom. The van der Waals surface area contributed by atoms with Crippen molar-refractivity contribution in [1.29, 1.82) is 0 Å². The molecule has 0 saturated heterocycles. The number of aliphatic imine (C=N–C) groups is 1. The SMILES string of the molecule is CC(N)=Nc1cc(Cl)ccc1Cl.Cl. The van der Waals surface area contributed by atoms with E-state index >= 15 is 0 Å². The number of rotatable bonds is 1. The molecule has 0 unspecified atom stereocenters. The zero-order valence-electron chi connectivity index (χ0n) is 6.92. The van der Waals surface area contributed by atoms with E-state index in [9.17, 15) is 0 Å². The zero-order chi connectivity index (χ0) is 9.14. The van der Waals surface area contributed by atoms with Crippen molar-refractivity contribution in [3.63, 3.8) is 0 Å². The molecular weight excluding hydrogens is 230 g/mol. The lowest BCUT2D eigenvalue weighted by Crippen LogP contribution is -2.03. The summed E-state index contributed by atoms with van der Waals surface area (Å²) in [5, 5.41) is 1.14. The fourth-order valence-electron chi connectivity index (χ4n) is 0.761.